The van der Waals surface area contributed by atoms with Crippen LogP contribution in [-0.4, -0.2) is 38.9 Å². The Morgan fingerprint density at radius 3 is 2.40 bits per heavy atom. The molecule has 0 aromatic heterocycles. The molecule has 0 radical (unpaired) electrons. The van der Waals surface area contributed by atoms with E-state index in [0.717, 1.165) is 36.8 Å². The monoisotopic (exact) mass is 358 g/mol. The summed E-state index contributed by atoms with van der Waals surface area (Å²) in [5.74, 6) is 0. The van der Waals surface area contributed by atoms with E-state index in [-0.39, 0.29) is 5.41 Å². The van der Waals surface area contributed by atoms with Gasteiger partial charge in [0.2, 0.25) is 10.0 Å². The lowest BCUT2D eigenvalue weighted by molar-refractivity contribution is 0.218. The van der Waals surface area contributed by atoms with Gasteiger partial charge in [0.1, 0.15) is 0 Å². The molecule has 110 valence electrons. The van der Waals surface area contributed by atoms with Gasteiger partial charge in [-0.05, 0) is 62.0 Å². The van der Waals surface area contributed by atoms with Crippen molar-refractivity contribution in [3.05, 3.63) is 28.7 Å². The van der Waals surface area contributed by atoms with Gasteiger partial charge >= 0.3 is 0 Å². The molecule has 0 bridgehead atoms. The molecule has 2 fully saturated rings. The fourth-order valence-electron chi connectivity index (χ4n) is 3.22. The molecule has 4 nitrogen and oxygen atoms in total. The summed E-state index contributed by atoms with van der Waals surface area (Å²) in [6.45, 7) is 3.34. The molecule has 2 saturated heterocycles. The van der Waals surface area contributed by atoms with E-state index in [0.29, 0.717) is 18.0 Å². The van der Waals surface area contributed by atoms with Gasteiger partial charge in [0, 0.05) is 17.6 Å². The molecule has 6 heteroatoms. The predicted molar refractivity (Wildman–Crippen MR) is 82.1 cm³/mol. The van der Waals surface area contributed by atoms with Gasteiger partial charge in [-0.25, -0.2) is 8.42 Å². The Kier molecular flexibility index (Phi) is 3.92. The summed E-state index contributed by atoms with van der Waals surface area (Å²) in [6.07, 6.45) is 3.16. The van der Waals surface area contributed by atoms with Gasteiger partial charge in [-0.15, -0.1) is 0 Å². The van der Waals surface area contributed by atoms with Gasteiger partial charge in [-0.2, -0.15) is 4.31 Å². The Morgan fingerprint density at radius 2 is 1.75 bits per heavy atom. The highest BCUT2D eigenvalue weighted by Gasteiger charge is 2.43. The number of rotatable bonds is 2. The first-order valence-corrected chi connectivity index (χ1v) is 9.22. The van der Waals surface area contributed by atoms with Crippen molar-refractivity contribution in [1.29, 1.82) is 0 Å². The average molecular weight is 359 g/mol. The van der Waals surface area contributed by atoms with Crippen LogP contribution in [0.3, 0.4) is 0 Å². The number of piperidine rings is 1. The second-order valence-corrected chi connectivity index (χ2v) is 8.65. The minimum absolute atomic E-state index is 0.202. The molecule has 0 amide bonds. The van der Waals surface area contributed by atoms with Gasteiger partial charge < -0.3 is 5.32 Å². The maximum atomic E-state index is 12.7. The lowest BCUT2D eigenvalue weighted by atomic mass is 9.78. The van der Waals surface area contributed by atoms with E-state index in [1.54, 1.807) is 28.6 Å². The van der Waals surface area contributed by atoms with Crippen LogP contribution in [0.15, 0.2) is 33.6 Å². The molecule has 0 unspecified atom stereocenters. The number of sulfonamides is 1. The quantitative estimate of drug-likeness (QED) is 0.881. The smallest absolute Gasteiger partial charge is 0.243 e. The Morgan fingerprint density at radius 1 is 1.10 bits per heavy atom. The third kappa shape index (κ3) is 2.66. The van der Waals surface area contributed by atoms with E-state index in [1.165, 1.54) is 0 Å². The minimum atomic E-state index is -3.34. The molecule has 0 atom stereocenters. The largest absolute Gasteiger partial charge is 0.317 e. The van der Waals surface area contributed by atoms with Gasteiger partial charge in [0.25, 0.3) is 0 Å². The first-order chi connectivity index (χ1) is 9.52. The van der Waals surface area contributed by atoms with Crippen LogP contribution >= 0.6 is 15.9 Å². The molecular formula is C14H19BrN2O2S. The Bertz CT molecular complexity index is 580. The van der Waals surface area contributed by atoms with Crippen molar-refractivity contribution in [2.24, 2.45) is 5.41 Å². The van der Waals surface area contributed by atoms with E-state index >= 15 is 0 Å². The average Bonchev–Trinajstić information content (AvgIpc) is 2.85. The normalized spacial score (nSPS) is 23.2. The van der Waals surface area contributed by atoms with E-state index < -0.39 is 10.0 Å². The number of halogens is 1. The van der Waals surface area contributed by atoms with Crippen molar-refractivity contribution in [3.8, 4) is 0 Å². The number of nitrogens with one attached hydrogen (secondary N) is 1. The molecule has 1 N–H and O–H groups in total. The molecule has 0 saturated carbocycles. The zero-order valence-corrected chi connectivity index (χ0v) is 13.7. The number of benzene rings is 1. The van der Waals surface area contributed by atoms with Crippen molar-refractivity contribution >= 4 is 26.0 Å². The summed E-state index contributed by atoms with van der Waals surface area (Å²) in [4.78, 5) is 0.395. The maximum absolute atomic E-state index is 12.7. The second kappa shape index (κ2) is 5.40. The van der Waals surface area contributed by atoms with Crippen LogP contribution < -0.4 is 5.32 Å². The van der Waals surface area contributed by atoms with Crippen molar-refractivity contribution < 1.29 is 8.42 Å². The highest BCUT2D eigenvalue weighted by atomic mass is 79.9. The van der Waals surface area contributed by atoms with Gasteiger partial charge in [0.05, 0.1) is 4.90 Å². The zero-order chi connectivity index (χ0) is 14.2. The van der Waals surface area contributed by atoms with Gasteiger partial charge in [0.15, 0.2) is 0 Å². The van der Waals surface area contributed by atoms with Crippen LogP contribution in [0.5, 0.6) is 0 Å². The SMILES string of the molecule is O=S(=O)(c1ccc(Br)cc1)N1CCC2(CCNCC2)C1. The minimum Gasteiger partial charge on any atom is -0.317 e. The standard InChI is InChI=1S/C14H19BrN2O2S/c15-12-1-3-13(4-2-12)20(18,19)17-10-7-14(11-17)5-8-16-9-6-14/h1-4,16H,5-11H2. The number of hydrogen-bond acceptors (Lipinski definition) is 3. The van der Waals surface area contributed by atoms with Crippen LogP contribution in [0.2, 0.25) is 0 Å². The van der Waals surface area contributed by atoms with Gasteiger partial charge in [-0.3, -0.25) is 0 Å². The van der Waals surface area contributed by atoms with E-state index in [2.05, 4.69) is 21.2 Å². The topological polar surface area (TPSA) is 49.4 Å². The molecule has 1 aromatic rings. The summed E-state index contributed by atoms with van der Waals surface area (Å²) >= 11 is 3.34. The summed E-state index contributed by atoms with van der Waals surface area (Å²) in [5.41, 5.74) is 0.202. The van der Waals surface area contributed by atoms with Crippen molar-refractivity contribution in [2.75, 3.05) is 26.2 Å². The first-order valence-electron chi connectivity index (χ1n) is 6.98. The molecule has 20 heavy (non-hydrogen) atoms. The maximum Gasteiger partial charge on any atom is 0.243 e. The van der Waals surface area contributed by atoms with Crippen molar-refractivity contribution in [1.82, 2.24) is 9.62 Å². The second-order valence-electron chi connectivity index (χ2n) is 5.79. The lowest BCUT2D eigenvalue weighted by Gasteiger charge is -2.33. The molecule has 1 spiro atoms. The van der Waals surface area contributed by atoms with E-state index in [9.17, 15) is 8.42 Å². The fourth-order valence-corrected chi connectivity index (χ4v) is 5.04. The molecule has 3 rings (SSSR count). The number of hydrogen-bond donors (Lipinski definition) is 1. The summed E-state index contributed by atoms with van der Waals surface area (Å²) < 4.78 is 27.9. The third-order valence-corrected chi connectivity index (χ3v) is 6.91. The van der Waals surface area contributed by atoms with Gasteiger partial charge in [-0.1, -0.05) is 15.9 Å². The van der Waals surface area contributed by atoms with Crippen LogP contribution in [-0.2, 0) is 10.0 Å². The Hall–Kier alpha value is -0.430. The molecule has 2 heterocycles. The third-order valence-electron chi connectivity index (χ3n) is 4.52. The molecular weight excluding hydrogens is 340 g/mol. The van der Waals surface area contributed by atoms with E-state index in [1.807, 2.05) is 0 Å². The van der Waals surface area contributed by atoms with Crippen molar-refractivity contribution in [3.63, 3.8) is 0 Å². The molecule has 0 aliphatic carbocycles. The highest BCUT2D eigenvalue weighted by molar-refractivity contribution is 9.10. The highest BCUT2D eigenvalue weighted by Crippen LogP contribution is 2.40. The summed E-state index contributed by atoms with van der Waals surface area (Å²) in [7, 11) is -3.34. The van der Waals surface area contributed by atoms with Crippen molar-refractivity contribution in [2.45, 2.75) is 24.2 Å². The summed E-state index contributed by atoms with van der Waals surface area (Å²) in [6, 6.07) is 6.91. The molecule has 2 aliphatic heterocycles. The zero-order valence-electron chi connectivity index (χ0n) is 11.3. The van der Waals surface area contributed by atoms with Crippen LogP contribution in [0, 0.1) is 5.41 Å². The Labute approximate surface area is 128 Å². The molecule has 2 aliphatic rings. The summed E-state index contributed by atoms with van der Waals surface area (Å²) in [5, 5.41) is 3.35. The fraction of sp³-hybridized carbons (Fsp3) is 0.571. The van der Waals surface area contributed by atoms with Crippen LogP contribution in [0.25, 0.3) is 0 Å². The van der Waals surface area contributed by atoms with E-state index in [4.69, 9.17) is 0 Å². The first kappa shape index (κ1) is 14.5. The lowest BCUT2D eigenvalue weighted by Crippen LogP contribution is -2.39. The predicted octanol–water partition coefficient (Wildman–Crippen LogP) is 2.21. The molecule has 1 aromatic carbocycles. The number of nitrogens with zero attached hydrogens (tertiary/aromatic N) is 1. The van der Waals surface area contributed by atoms with Crippen LogP contribution in [0.1, 0.15) is 19.3 Å². The van der Waals surface area contributed by atoms with Crippen LogP contribution in [0.4, 0.5) is 0 Å². The Balaban J connectivity index is 1.81.